The third-order valence-electron chi connectivity index (χ3n) is 14.2. The molecule has 9 heteroatoms. The first-order chi connectivity index (χ1) is 34.5. The van der Waals surface area contributed by atoms with E-state index in [9.17, 15) is 19.4 Å². The fourth-order valence-electron chi connectivity index (χ4n) is 9.38. The first-order valence-electron chi connectivity index (χ1n) is 30.8. The van der Waals surface area contributed by atoms with Crippen LogP contribution in [0.5, 0.6) is 0 Å². The summed E-state index contributed by atoms with van der Waals surface area (Å²) in [6, 6.07) is -0.866. The summed E-state index contributed by atoms with van der Waals surface area (Å²) in [5.41, 5.74) is 0. The molecule has 0 aliphatic rings. The summed E-state index contributed by atoms with van der Waals surface area (Å²) in [4.78, 5) is 23.2. The molecule has 0 aromatic rings. The molecule has 0 aliphatic carbocycles. The lowest BCUT2D eigenvalue weighted by Gasteiger charge is -2.25. The van der Waals surface area contributed by atoms with Gasteiger partial charge in [0.05, 0.1) is 39.9 Å². The van der Waals surface area contributed by atoms with E-state index in [1.807, 2.05) is 34.1 Å². The van der Waals surface area contributed by atoms with Crippen LogP contribution in [-0.4, -0.2) is 73.4 Å². The van der Waals surface area contributed by atoms with Crippen molar-refractivity contribution >= 4 is 13.7 Å². The second-order valence-corrected chi connectivity index (χ2v) is 23.9. The van der Waals surface area contributed by atoms with Gasteiger partial charge in [-0.3, -0.25) is 13.8 Å². The highest BCUT2D eigenvalue weighted by molar-refractivity contribution is 7.47. The minimum absolute atomic E-state index is 0.0544. The Kier molecular flexibility index (Phi) is 52.6. The molecule has 0 radical (unpaired) electrons. The zero-order valence-electron chi connectivity index (χ0n) is 48.0. The summed E-state index contributed by atoms with van der Waals surface area (Å²) in [6.45, 7) is 4.58. The number of allylic oxidation sites excluding steroid dienone is 5. The third-order valence-corrected chi connectivity index (χ3v) is 15.2. The van der Waals surface area contributed by atoms with Crippen molar-refractivity contribution in [1.29, 1.82) is 0 Å². The molecule has 0 aromatic heterocycles. The van der Waals surface area contributed by atoms with Crippen LogP contribution in [0.2, 0.25) is 0 Å². The van der Waals surface area contributed by atoms with Crippen LogP contribution in [0.25, 0.3) is 0 Å². The van der Waals surface area contributed by atoms with Gasteiger partial charge in [-0.05, 0) is 39.0 Å². The number of phosphoric acid groups is 1. The first-order valence-corrected chi connectivity index (χ1v) is 32.3. The van der Waals surface area contributed by atoms with Crippen LogP contribution in [0.4, 0.5) is 0 Å². The van der Waals surface area contributed by atoms with Crippen LogP contribution < -0.4 is 5.32 Å². The van der Waals surface area contributed by atoms with E-state index in [2.05, 4.69) is 36.5 Å². The Hall–Kier alpha value is -1.28. The summed E-state index contributed by atoms with van der Waals surface area (Å²) < 4.78 is 23.5. The maximum atomic E-state index is 12.9. The number of carbonyl (C=O) groups excluding carboxylic acids is 1. The average molecular weight is 1020 g/mol. The Morgan fingerprint density at radius 1 is 0.493 bits per heavy atom. The molecule has 3 N–H and O–H groups in total. The van der Waals surface area contributed by atoms with Crippen molar-refractivity contribution in [2.45, 2.75) is 315 Å². The maximum absolute atomic E-state index is 12.9. The zero-order chi connectivity index (χ0) is 52.0. The number of hydrogen-bond acceptors (Lipinski definition) is 5. The molecular weight excluding hydrogens is 900 g/mol. The van der Waals surface area contributed by atoms with E-state index in [0.717, 1.165) is 44.9 Å². The van der Waals surface area contributed by atoms with Gasteiger partial charge in [-0.1, -0.05) is 294 Å². The van der Waals surface area contributed by atoms with E-state index < -0.39 is 20.0 Å². The summed E-state index contributed by atoms with van der Waals surface area (Å²) in [5.74, 6) is -0.189. The van der Waals surface area contributed by atoms with Crippen molar-refractivity contribution < 1.29 is 32.9 Å². The second kappa shape index (κ2) is 53.5. The number of rotatable bonds is 57. The maximum Gasteiger partial charge on any atom is 0.472 e. The number of unbranched alkanes of at least 4 members (excludes halogenated alkanes) is 41. The van der Waals surface area contributed by atoms with Crippen LogP contribution in [0, 0.1) is 0 Å². The smallest absolute Gasteiger partial charge is 0.387 e. The van der Waals surface area contributed by atoms with E-state index in [1.54, 1.807) is 6.08 Å². The van der Waals surface area contributed by atoms with Gasteiger partial charge in [0.1, 0.15) is 13.2 Å². The predicted octanol–water partition coefficient (Wildman–Crippen LogP) is 18.9. The molecule has 0 rings (SSSR count). The average Bonchev–Trinajstić information content (AvgIpc) is 3.33. The lowest BCUT2D eigenvalue weighted by molar-refractivity contribution is -0.870. The Balaban J connectivity index is 3.74. The number of likely N-dealkylation sites (N-methyl/N-ethyl adjacent to an activating group) is 1. The Labute approximate surface area is 442 Å². The normalized spacial score (nSPS) is 14.1. The monoisotopic (exact) mass is 1020 g/mol. The van der Waals surface area contributed by atoms with Gasteiger partial charge in [-0.15, -0.1) is 0 Å². The van der Waals surface area contributed by atoms with E-state index in [4.69, 9.17) is 9.05 Å². The fraction of sp³-hybridized carbons (Fsp3) is 0.887. The Bertz CT molecular complexity index is 1250. The molecule has 0 saturated heterocycles. The highest BCUT2D eigenvalue weighted by Gasteiger charge is 2.27. The fourth-order valence-corrected chi connectivity index (χ4v) is 10.1. The van der Waals surface area contributed by atoms with Gasteiger partial charge in [0, 0.05) is 6.42 Å². The van der Waals surface area contributed by atoms with Gasteiger partial charge in [0.2, 0.25) is 5.91 Å². The molecule has 0 aliphatic heterocycles. The number of nitrogens with one attached hydrogen (secondary N) is 1. The predicted molar refractivity (Wildman–Crippen MR) is 309 cm³/mol. The largest absolute Gasteiger partial charge is 0.472 e. The third kappa shape index (κ3) is 56.3. The van der Waals surface area contributed by atoms with Gasteiger partial charge in [-0.2, -0.15) is 0 Å². The molecule has 0 heterocycles. The first kappa shape index (κ1) is 69.7. The molecule has 0 aromatic carbocycles. The van der Waals surface area contributed by atoms with Crippen LogP contribution in [0.3, 0.4) is 0 Å². The number of quaternary nitrogens is 1. The van der Waals surface area contributed by atoms with Crippen molar-refractivity contribution in [3.8, 4) is 0 Å². The highest BCUT2D eigenvalue weighted by Crippen LogP contribution is 2.43. The van der Waals surface area contributed by atoms with Gasteiger partial charge in [0.15, 0.2) is 0 Å². The minimum atomic E-state index is -4.35. The van der Waals surface area contributed by atoms with Crippen LogP contribution in [-0.2, 0) is 18.4 Å². The molecule has 3 unspecified atom stereocenters. The number of aliphatic hydroxyl groups is 1. The molecule has 0 spiro atoms. The van der Waals surface area contributed by atoms with Gasteiger partial charge in [-0.25, -0.2) is 4.57 Å². The molecule has 0 saturated carbocycles. The number of amides is 1. The minimum Gasteiger partial charge on any atom is -0.387 e. The summed E-state index contributed by atoms with van der Waals surface area (Å²) >= 11 is 0. The van der Waals surface area contributed by atoms with Crippen molar-refractivity contribution in [1.82, 2.24) is 5.32 Å². The zero-order valence-corrected chi connectivity index (χ0v) is 48.9. The summed E-state index contributed by atoms with van der Waals surface area (Å²) in [6.07, 6.45) is 70.6. The van der Waals surface area contributed by atoms with Crippen LogP contribution in [0.15, 0.2) is 36.5 Å². The Morgan fingerprint density at radius 2 is 0.803 bits per heavy atom. The number of carbonyl (C=O) groups is 1. The number of phosphoric ester groups is 1. The number of hydrogen-bond donors (Lipinski definition) is 3. The van der Waals surface area contributed by atoms with Gasteiger partial charge < -0.3 is 19.8 Å². The van der Waals surface area contributed by atoms with Gasteiger partial charge in [0.25, 0.3) is 0 Å². The number of nitrogens with zero attached hydrogens (tertiary/aromatic N) is 1. The van der Waals surface area contributed by atoms with E-state index in [0.29, 0.717) is 17.4 Å². The summed E-state index contributed by atoms with van der Waals surface area (Å²) in [5, 5.41) is 13.8. The van der Waals surface area contributed by atoms with Gasteiger partial charge >= 0.3 is 7.82 Å². The van der Waals surface area contributed by atoms with E-state index in [1.165, 1.54) is 238 Å². The van der Waals surface area contributed by atoms with Crippen molar-refractivity contribution in [3.05, 3.63) is 36.5 Å². The molecule has 0 fully saturated rings. The molecule has 1 amide bonds. The quantitative estimate of drug-likeness (QED) is 0.0243. The molecule has 0 bridgehead atoms. The summed E-state index contributed by atoms with van der Waals surface area (Å²) in [7, 11) is 1.55. The molecule has 71 heavy (non-hydrogen) atoms. The Morgan fingerprint density at radius 3 is 1.13 bits per heavy atom. The SMILES string of the molecule is C/C=C/CC/C=C/CC/C=C/C(O)C(COP(=O)(O)OCC[N+](C)(C)C)NC(=O)CCCCCCCCCCCCCCCCCCCCCCCCCCCCCCCCCCCCCCCCCC. The lowest BCUT2D eigenvalue weighted by Crippen LogP contribution is -2.45. The molecule has 3 atom stereocenters. The van der Waals surface area contributed by atoms with Crippen LogP contribution in [0.1, 0.15) is 303 Å². The number of aliphatic hydroxyl groups excluding tert-OH is 1. The van der Waals surface area contributed by atoms with E-state index >= 15 is 0 Å². The van der Waals surface area contributed by atoms with Crippen molar-refractivity contribution in [2.75, 3.05) is 40.9 Å². The second-order valence-electron chi connectivity index (χ2n) is 22.4. The molecule has 8 nitrogen and oxygen atoms in total. The van der Waals surface area contributed by atoms with Crippen molar-refractivity contribution in [2.24, 2.45) is 0 Å². The standard InChI is InChI=1S/C62H121N2O6P/c1-6-8-10-12-14-16-17-18-19-20-21-22-23-24-25-26-27-28-29-30-31-32-33-34-35-36-37-38-39-40-41-42-43-44-45-46-48-50-52-54-56-62(66)63-60(59-70-71(67,68)69-58-57-64(3,4)5)61(65)55-53-51-49-47-15-13-11-9-7-2/h7,9,15,47,53,55,60-61,65H,6,8,10-14,16-46,48-52,54,56-59H2,1-5H3,(H-,63,66,67,68)/p+1/b9-7+,47-15+,55-53+. The molecular formula is C62H122N2O6P+. The lowest BCUT2D eigenvalue weighted by atomic mass is 10.0. The van der Waals surface area contributed by atoms with E-state index in [-0.39, 0.29) is 19.1 Å². The topological polar surface area (TPSA) is 105 Å². The van der Waals surface area contributed by atoms with Crippen molar-refractivity contribution in [3.63, 3.8) is 0 Å². The highest BCUT2D eigenvalue weighted by atomic mass is 31.2. The molecule has 420 valence electrons. The van der Waals surface area contributed by atoms with Crippen LogP contribution >= 0.6 is 7.82 Å².